The smallest absolute Gasteiger partial charge is 0.309 e. The van der Waals surface area contributed by atoms with Gasteiger partial charge in [0.15, 0.2) is 0 Å². The van der Waals surface area contributed by atoms with E-state index in [4.69, 9.17) is 0 Å². The molecule has 0 heterocycles. The van der Waals surface area contributed by atoms with E-state index in [2.05, 4.69) is 31.6 Å². The number of ether oxygens (including phenoxy) is 1. The molecular weight excluding hydrogens is 152 g/mol. The SMILES string of the molecule is COC(=O)C/C(C)=C/C(C)(C)C. The van der Waals surface area contributed by atoms with E-state index < -0.39 is 0 Å². The van der Waals surface area contributed by atoms with Gasteiger partial charge in [-0.3, -0.25) is 4.79 Å². The van der Waals surface area contributed by atoms with E-state index in [9.17, 15) is 4.79 Å². The standard InChI is InChI=1S/C10H18O2/c1-8(6-9(11)12-5)7-10(2,3)4/h7H,6H2,1-5H3/b8-7+. The van der Waals surface area contributed by atoms with Crippen LogP contribution in [0.3, 0.4) is 0 Å². The van der Waals surface area contributed by atoms with Gasteiger partial charge in [0.25, 0.3) is 0 Å². The highest BCUT2D eigenvalue weighted by Gasteiger charge is 2.08. The molecule has 0 aromatic heterocycles. The third-order valence-electron chi connectivity index (χ3n) is 1.33. The van der Waals surface area contributed by atoms with E-state index in [1.807, 2.05) is 6.92 Å². The average Bonchev–Trinajstić information content (AvgIpc) is 1.82. The zero-order chi connectivity index (χ0) is 9.78. The van der Waals surface area contributed by atoms with Gasteiger partial charge >= 0.3 is 5.97 Å². The number of allylic oxidation sites excluding steroid dienone is 1. The van der Waals surface area contributed by atoms with Gasteiger partial charge in [-0.15, -0.1) is 0 Å². The Morgan fingerprint density at radius 3 is 2.25 bits per heavy atom. The van der Waals surface area contributed by atoms with Crippen molar-refractivity contribution in [2.75, 3.05) is 7.11 Å². The fourth-order valence-corrected chi connectivity index (χ4v) is 1.09. The van der Waals surface area contributed by atoms with Gasteiger partial charge in [-0.1, -0.05) is 32.4 Å². The maximum atomic E-state index is 10.8. The molecule has 0 saturated heterocycles. The van der Waals surface area contributed by atoms with Crippen molar-refractivity contribution in [2.45, 2.75) is 34.1 Å². The minimum atomic E-state index is -0.173. The first-order chi connectivity index (χ1) is 5.35. The fraction of sp³-hybridized carbons (Fsp3) is 0.700. The summed E-state index contributed by atoms with van der Waals surface area (Å²) >= 11 is 0. The minimum Gasteiger partial charge on any atom is -0.469 e. The van der Waals surface area contributed by atoms with Gasteiger partial charge in [0.2, 0.25) is 0 Å². The van der Waals surface area contributed by atoms with E-state index in [1.54, 1.807) is 0 Å². The van der Waals surface area contributed by atoms with Crippen LogP contribution in [-0.2, 0) is 9.53 Å². The number of hydrogen-bond acceptors (Lipinski definition) is 2. The Hall–Kier alpha value is -0.790. The molecule has 0 amide bonds. The summed E-state index contributed by atoms with van der Waals surface area (Å²) in [5, 5.41) is 0. The van der Waals surface area contributed by atoms with Crippen LogP contribution in [0.1, 0.15) is 34.1 Å². The Balaban J connectivity index is 4.12. The van der Waals surface area contributed by atoms with Gasteiger partial charge in [-0.05, 0) is 12.3 Å². The predicted molar refractivity (Wildman–Crippen MR) is 49.8 cm³/mol. The highest BCUT2D eigenvalue weighted by atomic mass is 16.5. The molecule has 0 radical (unpaired) electrons. The number of rotatable bonds is 2. The summed E-state index contributed by atoms with van der Waals surface area (Å²) in [6.07, 6.45) is 2.48. The van der Waals surface area contributed by atoms with Gasteiger partial charge in [-0.25, -0.2) is 0 Å². The zero-order valence-electron chi connectivity index (χ0n) is 8.60. The molecule has 0 aliphatic carbocycles. The summed E-state index contributed by atoms with van der Waals surface area (Å²) in [5.74, 6) is -0.173. The summed E-state index contributed by atoms with van der Waals surface area (Å²) in [5.41, 5.74) is 1.20. The van der Waals surface area contributed by atoms with E-state index in [-0.39, 0.29) is 11.4 Å². The second-order valence-electron chi connectivity index (χ2n) is 4.11. The lowest BCUT2D eigenvalue weighted by molar-refractivity contribution is -0.139. The lowest BCUT2D eigenvalue weighted by Gasteiger charge is -2.13. The van der Waals surface area contributed by atoms with Crippen LogP contribution in [0.15, 0.2) is 11.6 Å². The summed E-state index contributed by atoms with van der Waals surface area (Å²) in [7, 11) is 1.41. The molecule has 0 spiro atoms. The molecule has 0 aliphatic rings. The van der Waals surface area contributed by atoms with Crippen molar-refractivity contribution in [1.29, 1.82) is 0 Å². The van der Waals surface area contributed by atoms with Gasteiger partial charge in [0.1, 0.15) is 0 Å². The van der Waals surface area contributed by atoms with Crippen LogP contribution in [0.5, 0.6) is 0 Å². The monoisotopic (exact) mass is 170 g/mol. The molecule has 0 saturated carbocycles. The van der Waals surface area contributed by atoms with Crippen LogP contribution < -0.4 is 0 Å². The largest absolute Gasteiger partial charge is 0.469 e. The number of hydrogen-bond donors (Lipinski definition) is 0. The minimum absolute atomic E-state index is 0.137. The summed E-state index contributed by atoms with van der Waals surface area (Å²) < 4.78 is 4.56. The molecule has 12 heavy (non-hydrogen) atoms. The highest BCUT2D eigenvalue weighted by Crippen LogP contribution is 2.18. The number of methoxy groups -OCH3 is 1. The molecule has 0 N–H and O–H groups in total. The van der Waals surface area contributed by atoms with Crippen molar-refractivity contribution in [3.8, 4) is 0 Å². The summed E-state index contributed by atoms with van der Waals surface area (Å²) in [6, 6.07) is 0. The van der Waals surface area contributed by atoms with Crippen LogP contribution in [0, 0.1) is 5.41 Å². The Labute approximate surface area is 74.6 Å². The molecule has 2 nitrogen and oxygen atoms in total. The second kappa shape index (κ2) is 4.29. The molecule has 0 aliphatic heterocycles. The van der Waals surface area contributed by atoms with Gasteiger partial charge < -0.3 is 4.74 Å². The normalized spacial score (nSPS) is 12.9. The average molecular weight is 170 g/mol. The Kier molecular flexibility index (Phi) is 4.01. The van der Waals surface area contributed by atoms with Crippen molar-refractivity contribution in [3.05, 3.63) is 11.6 Å². The summed E-state index contributed by atoms with van der Waals surface area (Å²) in [4.78, 5) is 10.8. The molecule has 0 aromatic carbocycles. The first-order valence-electron chi connectivity index (χ1n) is 4.10. The van der Waals surface area contributed by atoms with Crippen molar-refractivity contribution in [2.24, 2.45) is 5.41 Å². The molecule has 0 aromatic rings. The lowest BCUT2D eigenvalue weighted by Crippen LogP contribution is -2.04. The Morgan fingerprint density at radius 1 is 1.42 bits per heavy atom. The fourth-order valence-electron chi connectivity index (χ4n) is 1.09. The van der Waals surface area contributed by atoms with E-state index >= 15 is 0 Å². The summed E-state index contributed by atoms with van der Waals surface area (Å²) in [6.45, 7) is 8.26. The first-order valence-corrected chi connectivity index (χ1v) is 4.10. The van der Waals surface area contributed by atoms with Crippen LogP contribution in [0.4, 0.5) is 0 Å². The lowest BCUT2D eigenvalue weighted by atomic mass is 9.93. The molecule has 0 fully saturated rings. The van der Waals surface area contributed by atoms with Crippen molar-refractivity contribution in [3.63, 3.8) is 0 Å². The van der Waals surface area contributed by atoms with Crippen molar-refractivity contribution in [1.82, 2.24) is 0 Å². The Morgan fingerprint density at radius 2 is 1.92 bits per heavy atom. The molecular formula is C10H18O2. The van der Waals surface area contributed by atoms with Gasteiger partial charge in [0, 0.05) is 0 Å². The molecule has 70 valence electrons. The molecule has 0 rings (SSSR count). The molecule has 0 unspecified atom stereocenters. The number of carbonyl (C=O) groups is 1. The Bertz CT molecular complexity index is 185. The van der Waals surface area contributed by atoms with Crippen LogP contribution in [0.2, 0.25) is 0 Å². The van der Waals surface area contributed by atoms with E-state index in [0.29, 0.717) is 6.42 Å². The topological polar surface area (TPSA) is 26.3 Å². The first kappa shape index (κ1) is 11.2. The molecule has 0 bridgehead atoms. The maximum absolute atomic E-state index is 10.8. The third-order valence-corrected chi connectivity index (χ3v) is 1.33. The van der Waals surface area contributed by atoms with Gasteiger partial charge in [0.05, 0.1) is 13.5 Å². The van der Waals surface area contributed by atoms with Crippen molar-refractivity contribution < 1.29 is 9.53 Å². The maximum Gasteiger partial charge on any atom is 0.309 e. The van der Waals surface area contributed by atoms with Crippen LogP contribution >= 0.6 is 0 Å². The van der Waals surface area contributed by atoms with Crippen LogP contribution in [-0.4, -0.2) is 13.1 Å². The van der Waals surface area contributed by atoms with E-state index in [0.717, 1.165) is 5.57 Å². The number of esters is 1. The van der Waals surface area contributed by atoms with Crippen LogP contribution in [0.25, 0.3) is 0 Å². The molecule has 0 atom stereocenters. The third kappa shape index (κ3) is 5.96. The number of carbonyl (C=O) groups excluding carboxylic acids is 1. The quantitative estimate of drug-likeness (QED) is 0.470. The van der Waals surface area contributed by atoms with Crippen molar-refractivity contribution >= 4 is 5.97 Å². The zero-order valence-corrected chi connectivity index (χ0v) is 8.60. The second-order valence-corrected chi connectivity index (χ2v) is 4.11. The molecule has 2 heteroatoms. The predicted octanol–water partition coefficient (Wildman–Crippen LogP) is 2.54. The van der Waals surface area contributed by atoms with E-state index in [1.165, 1.54) is 7.11 Å². The highest BCUT2D eigenvalue weighted by molar-refractivity contribution is 5.72. The van der Waals surface area contributed by atoms with Gasteiger partial charge in [-0.2, -0.15) is 0 Å².